The lowest BCUT2D eigenvalue weighted by Crippen LogP contribution is -2.44. The van der Waals surface area contributed by atoms with Crippen LogP contribution in [-0.4, -0.2) is 43.1 Å². The first-order valence-corrected chi connectivity index (χ1v) is 7.60. The highest BCUT2D eigenvalue weighted by Crippen LogP contribution is 2.32. The molecule has 4 nitrogen and oxygen atoms in total. The molecule has 18 heavy (non-hydrogen) atoms. The molecule has 0 aliphatic carbocycles. The van der Waals surface area contributed by atoms with Gasteiger partial charge in [0.1, 0.15) is 0 Å². The number of hydrogen-bond acceptors (Lipinski definition) is 5. The molecule has 1 atom stereocenters. The molecule has 1 aromatic heterocycles. The Morgan fingerprint density at radius 1 is 1.33 bits per heavy atom. The summed E-state index contributed by atoms with van der Waals surface area (Å²) in [4.78, 5) is 10.9. The number of anilines is 1. The summed E-state index contributed by atoms with van der Waals surface area (Å²) in [6.45, 7) is 9.46. The van der Waals surface area contributed by atoms with Crippen LogP contribution in [-0.2, 0) is 6.54 Å². The fourth-order valence-corrected chi connectivity index (χ4v) is 3.32. The second-order valence-corrected chi connectivity index (χ2v) is 6.17. The van der Waals surface area contributed by atoms with Crippen molar-refractivity contribution in [1.29, 1.82) is 0 Å². The van der Waals surface area contributed by atoms with Crippen LogP contribution in [0.25, 0.3) is 0 Å². The van der Waals surface area contributed by atoms with Gasteiger partial charge in [-0.25, -0.2) is 4.98 Å². The van der Waals surface area contributed by atoms with Crippen molar-refractivity contribution in [3.8, 4) is 0 Å². The number of rotatable bonds is 4. The van der Waals surface area contributed by atoms with Crippen LogP contribution in [0.2, 0.25) is 0 Å². The molecule has 0 aromatic carbocycles. The van der Waals surface area contributed by atoms with Gasteiger partial charge in [0.05, 0.1) is 5.69 Å². The van der Waals surface area contributed by atoms with Crippen LogP contribution in [0.5, 0.6) is 0 Å². The molecule has 1 unspecified atom stereocenters. The molecular weight excluding hydrogens is 244 g/mol. The summed E-state index contributed by atoms with van der Waals surface area (Å²) < 4.78 is 0. The molecule has 0 saturated carbocycles. The van der Waals surface area contributed by atoms with Crippen molar-refractivity contribution in [3.63, 3.8) is 0 Å². The number of likely N-dealkylation sites (N-methyl/N-ethyl adjacent to an activating group) is 1. The molecular formula is C13H24N4S. The largest absolute Gasteiger partial charge is 0.346 e. The van der Waals surface area contributed by atoms with Gasteiger partial charge in [0, 0.05) is 37.6 Å². The molecule has 0 radical (unpaired) electrons. The van der Waals surface area contributed by atoms with Gasteiger partial charge in [-0.3, -0.25) is 0 Å². The predicted octanol–water partition coefficient (Wildman–Crippen LogP) is 1.87. The molecule has 1 fully saturated rings. The first-order chi connectivity index (χ1) is 8.65. The summed E-state index contributed by atoms with van der Waals surface area (Å²) in [5.41, 5.74) is 7.07. The Hall–Kier alpha value is -0.650. The van der Waals surface area contributed by atoms with Gasteiger partial charge < -0.3 is 15.5 Å². The quantitative estimate of drug-likeness (QED) is 0.905. The van der Waals surface area contributed by atoms with Gasteiger partial charge in [0.25, 0.3) is 0 Å². The maximum atomic E-state index is 5.85. The molecule has 1 saturated heterocycles. The molecule has 2 N–H and O–H groups in total. The van der Waals surface area contributed by atoms with Gasteiger partial charge >= 0.3 is 0 Å². The standard InChI is InChI=1S/C13H24N4S/c1-4-10(2)12-11(9-14)18-13(15-12)17-7-5-16(3)6-8-17/h10H,4-9,14H2,1-3H3. The number of nitrogens with zero attached hydrogens (tertiary/aromatic N) is 3. The van der Waals surface area contributed by atoms with E-state index < -0.39 is 0 Å². The summed E-state index contributed by atoms with van der Waals surface area (Å²) in [6, 6.07) is 0. The van der Waals surface area contributed by atoms with E-state index in [0.717, 1.165) is 32.6 Å². The SMILES string of the molecule is CCC(C)c1nc(N2CCN(C)CC2)sc1CN. The summed E-state index contributed by atoms with van der Waals surface area (Å²) in [7, 11) is 2.18. The second kappa shape index (κ2) is 5.99. The Morgan fingerprint density at radius 3 is 2.56 bits per heavy atom. The maximum absolute atomic E-state index is 5.85. The smallest absolute Gasteiger partial charge is 0.185 e. The van der Waals surface area contributed by atoms with E-state index in [2.05, 4.69) is 30.7 Å². The average Bonchev–Trinajstić information content (AvgIpc) is 2.82. The third-order valence-electron chi connectivity index (χ3n) is 3.75. The Kier molecular flexibility index (Phi) is 4.59. The third kappa shape index (κ3) is 2.84. The van der Waals surface area contributed by atoms with Crippen molar-refractivity contribution < 1.29 is 0 Å². The molecule has 2 heterocycles. The molecule has 5 heteroatoms. The minimum atomic E-state index is 0.515. The van der Waals surface area contributed by atoms with Gasteiger partial charge in [-0.15, -0.1) is 11.3 Å². The van der Waals surface area contributed by atoms with E-state index >= 15 is 0 Å². The molecule has 102 valence electrons. The molecule has 1 aliphatic heterocycles. The van der Waals surface area contributed by atoms with Gasteiger partial charge in [0.2, 0.25) is 0 Å². The minimum Gasteiger partial charge on any atom is -0.346 e. The van der Waals surface area contributed by atoms with Crippen molar-refractivity contribution in [2.24, 2.45) is 5.73 Å². The molecule has 0 amide bonds. The topological polar surface area (TPSA) is 45.4 Å². The van der Waals surface area contributed by atoms with E-state index in [4.69, 9.17) is 10.7 Å². The van der Waals surface area contributed by atoms with Crippen LogP contribution >= 0.6 is 11.3 Å². The van der Waals surface area contributed by atoms with E-state index in [1.165, 1.54) is 15.7 Å². The predicted molar refractivity (Wildman–Crippen MR) is 78.4 cm³/mol. The fourth-order valence-electron chi connectivity index (χ4n) is 2.21. The van der Waals surface area contributed by atoms with Crippen molar-refractivity contribution in [2.75, 3.05) is 38.1 Å². The molecule has 0 bridgehead atoms. The van der Waals surface area contributed by atoms with Gasteiger partial charge in [0.15, 0.2) is 5.13 Å². The van der Waals surface area contributed by atoms with Crippen LogP contribution < -0.4 is 10.6 Å². The van der Waals surface area contributed by atoms with Crippen molar-refractivity contribution >= 4 is 16.5 Å². The van der Waals surface area contributed by atoms with Crippen molar-refractivity contribution in [2.45, 2.75) is 32.7 Å². The van der Waals surface area contributed by atoms with Gasteiger partial charge in [-0.05, 0) is 19.4 Å². The Morgan fingerprint density at radius 2 is 2.00 bits per heavy atom. The first-order valence-electron chi connectivity index (χ1n) is 6.78. The number of nitrogens with two attached hydrogens (primary N) is 1. The van der Waals surface area contributed by atoms with Crippen LogP contribution in [0, 0.1) is 0 Å². The number of hydrogen-bond donors (Lipinski definition) is 1. The third-order valence-corrected chi connectivity index (χ3v) is 4.91. The van der Waals surface area contributed by atoms with E-state index in [-0.39, 0.29) is 0 Å². The summed E-state index contributed by atoms with van der Waals surface area (Å²) in [5, 5.41) is 1.17. The summed E-state index contributed by atoms with van der Waals surface area (Å²) in [5.74, 6) is 0.515. The van der Waals surface area contributed by atoms with Gasteiger partial charge in [-0.2, -0.15) is 0 Å². The molecule has 0 spiro atoms. The second-order valence-electron chi connectivity index (χ2n) is 5.11. The Balaban J connectivity index is 2.16. The summed E-state index contributed by atoms with van der Waals surface area (Å²) in [6.07, 6.45) is 1.12. The zero-order chi connectivity index (χ0) is 13.1. The highest BCUT2D eigenvalue weighted by molar-refractivity contribution is 7.15. The lowest BCUT2D eigenvalue weighted by Gasteiger charge is -2.32. The van der Waals surface area contributed by atoms with E-state index in [0.29, 0.717) is 12.5 Å². The zero-order valence-electron chi connectivity index (χ0n) is 11.6. The van der Waals surface area contributed by atoms with Crippen LogP contribution in [0.3, 0.4) is 0 Å². The fraction of sp³-hybridized carbons (Fsp3) is 0.769. The Bertz CT molecular complexity index is 382. The van der Waals surface area contributed by atoms with Crippen LogP contribution in [0.1, 0.15) is 36.8 Å². The lowest BCUT2D eigenvalue weighted by molar-refractivity contribution is 0.312. The Labute approximate surface area is 114 Å². The van der Waals surface area contributed by atoms with Gasteiger partial charge in [-0.1, -0.05) is 13.8 Å². The van der Waals surface area contributed by atoms with E-state index in [1.807, 2.05) is 0 Å². The lowest BCUT2D eigenvalue weighted by atomic mass is 10.0. The van der Waals surface area contributed by atoms with Crippen LogP contribution in [0.4, 0.5) is 5.13 Å². The highest BCUT2D eigenvalue weighted by Gasteiger charge is 2.21. The number of aromatic nitrogens is 1. The highest BCUT2D eigenvalue weighted by atomic mass is 32.1. The average molecular weight is 268 g/mol. The first kappa shape index (κ1) is 13.8. The zero-order valence-corrected chi connectivity index (χ0v) is 12.5. The van der Waals surface area contributed by atoms with E-state index in [1.54, 1.807) is 11.3 Å². The van der Waals surface area contributed by atoms with Crippen molar-refractivity contribution in [3.05, 3.63) is 10.6 Å². The molecule has 2 rings (SSSR count). The van der Waals surface area contributed by atoms with Crippen molar-refractivity contribution in [1.82, 2.24) is 9.88 Å². The minimum absolute atomic E-state index is 0.515. The number of thiazole rings is 1. The van der Waals surface area contributed by atoms with Crippen LogP contribution in [0.15, 0.2) is 0 Å². The maximum Gasteiger partial charge on any atom is 0.185 e. The molecule has 1 aliphatic rings. The summed E-state index contributed by atoms with van der Waals surface area (Å²) >= 11 is 1.78. The van der Waals surface area contributed by atoms with E-state index in [9.17, 15) is 0 Å². The molecule has 1 aromatic rings. The monoisotopic (exact) mass is 268 g/mol. The normalized spacial score (nSPS) is 19.2. The number of piperazine rings is 1.